The van der Waals surface area contributed by atoms with Crippen LogP contribution in [0.25, 0.3) is 0 Å². The van der Waals surface area contributed by atoms with Gasteiger partial charge in [0.25, 0.3) is 0 Å². The first-order chi connectivity index (χ1) is 16.0. The Morgan fingerprint density at radius 1 is 1.12 bits per heavy atom. The third-order valence-electron chi connectivity index (χ3n) is 5.46. The molecule has 34 heavy (non-hydrogen) atoms. The Morgan fingerprint density at radius 2 is 1.76 bits per heavy atom. The summed E-state index contributed by atoms with van der Waals surface area (Å²) in [5, 5.41) is 3.43. The minimum Gasteiger partial charge on any atom is -0.497 e. The summed E-state index contributed by atoms with van der Waals surface area (Å²) in [6.07, 6.45) is 1.77. The third-order valence-corrected chi connectivity index (χ3v) is 6.85. The van der Waals surface area contributed by atoms with Crippen LogP contribution in [0, 0.1) is 0 Å². The van der Waals surface area contributed by atoms with E-state index < -0.39 is 28.5 Å². The normalized spacial score (nSPS) is 13.0. The fourth-order valence-corrected chi connectivity index (χ4v) is 4.18. The van der Waals surface area contributed by atoms with Gasteiger partial charge in [0.05, 0.1) is 19.1 Å². The number of benzene rings is 2. The second-order valence-electron chi connectivity index (χ2n) is 8.11. The molecule has 2 amide bonds. The topological polar surface area (TPSA) is 96.0 Å². The number of ether oxygens (including phenoxy) is 1. The summed E-state index contributed by atoms with van der Waals surface area (Å²) in [7, 11) is -2.33. The summed E-state index contributed by atoms with van der Waals surface area (Å²) >= 11 is 5.98. The molecule has 0 aliphatic heterocycles. The summed E-state index contributed by atoms with van der Waals surface area (Å²) in [5.41, 5.74) is 1.05. The van der Waals surface area contributed by atoms with Crippen LogP contribution in [0.4, 0.5) is 5.69 Å². The van der Waals surface area contributed by atoms with Gasteiger partial charge in [-0.3, -0.25) is 13.9 Å². The summed E-state index contributed by atoms with van der Waals surface area (Å²) in [4.78, 5) is 27.7. The van der Waals surface area contributed by atoms with E-state index in [0.29, 0.717) is 16.5 Å². The maximum Gasteiger partial charge on any atom is 0.244 e. The highest BCUT2D eigenvalue weighted by molar-refractivity contribution is 7.92. The summed E-state index contributed by atoms with van der Waals surface area (Å²) < 4.78 is 31.4. The second kappa shape index (κ2) is 12.1. The van der Waals surface area contributed by atoms with Crippen molar-refractivity contribution in [1.29, 1.82) is 0 Å². The zero-order valence-corrected chi connectivity index (χ0v) is 21.7. The molecule has 0 radical (unpaired) electrons. The zero-order valence-electron chi connectivity index (χ0n) is 20.1. The highest BCUT2D eigenvalue weighted by Crippen LogP contribution is 2.24. The van der Waals surface area contributed by atoms with Crippen LogP contribution < -0.4 is 14.4 Å². The van der Waals surface area contributed by atoms with Gasteiger partial charge in [0.2, 0.25) is 21.8 Å². The number of carbonyl (C=O) groups excluding carboxylic acids is 2. The molecule has 0 aliphatic rings. The Bertz CT molecular complexity index is 1090. The predicted octanol–water partition coefficient (Wildman–Crippen LogP) is 3.45. The molecule has 0 unspecified atom stereocenters. The van der Waals surface area contributed by atoms with Gasteiger partial charge in [-0.15, -0.1) is 0 Å². The molecule has 0 aliphatic carbocycles. The lowest BCUT2D eigenvalue weighted by Crippen LogP contribution is -2.52. The number of rotatable bonds is 11. The fraction of sp³-hybridized carbons (Fsp3) is 0.417. The van der Waals surface area contributed by atoms with Crippen molar-refractivity contribution in [2.45, 2.75) is 45.8 Å². The second-order valence-corrected chi connectivity index (χ2v) is 10.5. The molecule has 0 bridgehead atoms. The third kappa shape index (κ3) is 7.63. The van der Waals surface area contributed by atoms with Crippen molar-refractivity contribution in [1.82, 2.24) is 10.2 Å². The molecule has 8 nitrogen and oxygen atoms in total. The van der Waals surface area contributed by atoms with Gasteiger partial charge >= 0.3 is 0 Å². The smallest absolute Gasteiger partial charge is 0.244 e. The number of hydrogen-bond donors (Lipinski definition) is 1. The molecular weight excluding hydrogens is 478 g/mol. The van der Waals surface area contributed by atoms with E-state index in [1.54, 1.807) is 49.4 Å². The van der Waals surface area contributed by atoms with Crippen molar-refractivity contribution in [2.75, 3.05) is 24.2 Å². The number of anilines is 1. The monoisotopic (exact) mass is 509 g/mol. The molecule has 2 aromatic rings. The fourth-order valence-electron chi connectivity index (χ4n) is 3.21. The molecule has 0 saturated heterocycles. The number of halogens is 1. The largest absolute Gasteiger partial charge is 0.497 e. The Kier molecular flexibility index (Phi) is 9.76. The molecule has 0 heterocycles. The summed E-state index contributed by atoms with van der Waals surface area (Å²) in [6.45, 7) is 5.09. The van der Waals surface area contributed by atoms with Crippen LogP contribution in [0.2, 0.25) is 5.02 Å². The van der Waals surface area contributed by atoms with Crippen LogP contribution in [0.5, 0.6) is 5.75 Å². The lowest BCUT2D eigenvalue weighted by atomic mass is 10.1. The van der Waals surface area contributed by atoms with E-state index >= 15 is 0 Å². The minimum atomic E-state index is -3.81. The van der Waals surface area contributed by atoms with Crippen molar-refractivity contribution in [3.63, 3.8) is 0 Å². The molecule has 0 aromatic heterocycles. The Morgan fingerprint density at radius 3 is 2.32 bits per heavy atom. The molecule has 186 valence electrons. The van der Waals surface area contributed by atoms with Gasteiger partial charge in [-0.1, -0.05) is 36.7 Å². The van der Waals surface area contributed by atoms with Crippen LogP contribution in [0.1, 0.15) is 32.8 Å². The van der Waals surface area contributed by atoms with Crippen molar-refractivity contribution in [2.24, 2.45) is 0 Å². The molecule has 0 saturated carbocycles. The van der Waals surface area contributed by atoms with E-state index in [-0.39, 0.29) is 18.5 Å². The van der Waals surface area contributed by atoms with E-state index in [1.165, 1.54) is 18.1 Å². The van der Waals surface area contributed by atoms with Gasteiger partial charge in [-0.2, -0.15) is 0 Å². The van der Waals surface area contributed by atoms with Crippen molar-refractivity contribution < 1.29 is 22.7 Å². The molecule has 0 fully saturated rings. The van der Waals surface area contributed by atoms with E-state index in [0.717, 1.165) is 22.5 Å². The van der Waals surface area contributed by atoms with Crippen LogP contribution >= 0.6 is 11.6 Å². The average Bonchev–Trinajstić information content (AvgIpc) is 2.80. The average molecular weight is 510 g/mol. The Labute approximate surface area is 206 Å². The minimum absolute atomic E-state index is 0.0632. The molecular formula is C24H32ClN3O5S. The molecule has 2 atom stereocenters. The number of amides is 2. The maximum atomic E-state index is 13.5. The number of sulfonamides is 1. The van der Waals surface area contributed by atoms with Gasteiger partial charge in [0, 0.05) is 23.7 Å². The molecule has 10 heteroatoms. The first-order valence-electron chi connectivity index (χ1n) is 10.9. The van der Waals surface area contributed by atoms with Gasteiger partial charge in [-0.25, -0.2) is 8.42 Å². The van der Waals surface area contributed by atoms with E-state index in [4.69, 9.17) is 16.3 Å². The predicted molar refractivity (Wildman–Crippen MR) is 135 cm³/mol. The number of hydrogen-bond acceptors (Lipinski definition) is 5. The highest BCUT2D eigenvalue weighted by Gasteiger charge is 2.30. The lowest BCUT2D eigenvalue weighted by Gasteiger charge is -2.32. The molecule has 2 aromatic carbocycles. The number of nitrogens with zero attached hydrogens (tertiary/aromatic N) is 2. The lowest BCUT2D eigenvalue weighted by molar-refractivity contribution is -0.139. The maximum absolute atomic E-state index is 13.5. The molecule has 2 rings (SSSR count). The van der Waals surface area contributed by atoms with Gasteiger partial charge in [0.15, 0.2) is 0 Å². The quantitative estimate of drug-likeness (QED) is 0.500. The first-order valence-corrected chi connectivity index (χ1v) is 13.1. The molecule has 0 spiro atoms. The standard InChI is InChI=1S/C24H32ClN3O5S/c1-6-17(2)26-24(30)18(3)27(15-19-10-12-20(25)13-11-19)23(29)16-28(34(5,31)32)21-8-7-9-22(14-21)33-4/h7-14,17-18H,6,15-16H2,1-5H3,(H,26,30)/t17-,18+/m1/s1. The van der Waals surface area contributed by atoms with Crippen LogP contribution in [0.3, 0.4) is 0 Å². The van der Waals surface area contributed by atoms with E-state index in [9.17, 15) is 18.0 Å². The number of methoxy groups -OCH3 is 1. The van der Waals surface area contributed by atoms with E-state index in [1.807, 2.05) is 13.8 Å². The summed E-state index contributed by atoms with van der Waals surface area (Å²) in [5.74, 6) is -0.378. The highest BCUT2D eigenvalue weighted by atomic mass is 35.5. The van der Waals surface area contributed by atoms with Crippen LogP contribution in [-0.2, 0) is 26.2 Å². The molecule has 1 N–H and O–H groups in total. The van der Waals surface area contributed by atoms with Gasteiger partial charge < -0.3 is 15.0 Å². The SMILES string of the molecule is CC[C@@H](C)NC(=O)[C@H](C)N(Cc1ccc(Cl)cc1)C(=O)CN(c1cccc(OC)c1)S(C)(=O)=O. The first kappa shape index (κ1) is 27.5. The zero-order chi connectivity index (χ0) is 25.5. The van der Waals surface area contributed by atoms with Crippen LogP contribution in [0.15, 0.2) is 48.5 Å². The Hall–Kier alpha value is -2.78. The number of nitrogens with one attached hydrogen (secondary N) is 1. The summed E-state index contributed by atoms with van der Waals surface area (Å²) in [6, 6.07) is 12.5. The van der Waals surface area contributed by atoms with Crippen molar-refractivity contribution >= 4 is 39.1 Å². The van der Waals surface area contributed by atoms with Crippen molar-refractivity contribution in [3.05, 3.63) is 59.1 Å². The number of carbonyl (C=O) groups is 2. The van der Waals surface area contributed by atoms with Crippen molar-refractivity contribution in [3.8, 4) is 5.75 Å². The van der Waals surface area contributed by atoms with Crippen LogP contribution in [-0.4, -0.2) is 57.1 Å². The Balaban J connectivity index is 2.38. The van der Waals surface area contributed by atoms with E-state index in [2.05, 4.69) is 5.32 Å². The van der Waals surface area contributed by atoms with Gasteiger partial charge in [0.1, 0.15) is 18.3 Å². The van der Waals surface area contributed by atoms with Gasteiger partial charge in [-0.05, 0) is 50.1 Å².